The van der Waals surface area contributed by atoms with Crippen molar-refractivity contribution in [2.24, 2.45) is 0 Å². The Balaban J connectivity index is 1.31. The zero-order valence-electron chi connectivity index (χ0n) is 23.8. The van der Waals surface area contributed by atoms with E-state index in [0.717, 1.165) is 74.8 Å². The van der Waals surface area contributed by atoms with Crippen LogP contribution in [0, 0.1) is 11.3 Å². The van der Waals surface area contributed by atoms with Crippen molar-refractivity contribution in [1.82, 2.24) is 30.0 Å². The van der Waals surface area contributed by atoms with E-state index in [2.05, 4.69) is 45.4 Å². The zero-order chi connectivity index (χ0) is 28.8. The molecule has 2 aliphatic carbocycles. The Hall–Kier alpha value is -4.08. The van der Waals surface area contributed by atoms with Crippen LogP contribution in [0.15, 0.2) is 29.2 Å². The summed E-state index contributed by atoms with van der Waals surface area (Å²) in [4.78, 5) is 21.5. The predicted octanol–water partition coefficient (Wildman–Crippen LogP) is 5.00. The molecular formula is C30H33N9O2S. The normalized spacial score (nSPS) is 22.4. The lowest BCUT2D eigenvalue weighted by Gasteiger charge is -2.39. The summed E-state index contributed by atoms with van der Waals surface area (Å²) in [7, 11) is 2.14. The van der Waals surface area contributed by atoms with Crippen LogP contribution in [-0.4, -0.2) is 55.7 Å². The van der Waals surface area contributed by atoms with Crippen molar-refractivity contribution in [3.05, 3.63) is 52.0 Å². The van der Waals surface area contributed by atoms with Gasteiger partial charge in [-0.2, -0.15) is 10.2 Å². The molecule has 3 aliphatic rings. The largest absolute Gasteiger partial charge is 0.473 e. The molecule has 3 atom stereocenters. The van der Waals surface area contributed by atoms with Gasteiger partial charge in [-0.15, -0.1) is 11.3 Å². The molecular weight excluding hydrogens is 550 g/mol. The minimum Gasteiger partial charge on any atom is -0.473 e. The fourth-order valence-corrected chi connectivity index (χ4v) is 8.33. The molecule has 3 N–H and O–H groups in total. The van der Waals surface area contributed by atoms with Crippen molar-refractivity contribution in [2.45, 2.75) is 75.9 Å². The minimum absolute atomic E-state index is 0.0595. The highest BCUT2D eigenvalue weighted by Crippen LogP contribution is 2.55. The average molecular weight is 584 g/mol. The quantitative estimate of drug-likeness (QED) is 0.315. The summed E-state index contributed by atoms with van der Waals surface area (Å²) in [6.07, 6.45) is 10.8. The van der Waals surface area contributed by atoms with Crippen molar-refractivity contribution < 1.29 is 9.26 Å². The Morgan fingerprint density at radius 3 is 2.86 bits per heavy atom. The summed E-state index contributed by atoms with van der Waals surface area (Å²) in [6.45, 7) is 3.15. The molecule has 1 aliphatic heterocycles. The number of ether oxygens (including phenoxy) is 1. The maximum Gasteiger partial charge on any atom is 0.219 e. The second-order valence-electron chi connectivity index (χ2n) is 11.5. The van der Waals surface area contributed by atoms with Gasteiger partial charge in [0.05, 0.1) is 11.0 Å². The first-order valence-corrected chi connectivity index (χ1v) is 15.4. The number of anilines is 3. The van der Waals surface area contributed by atoms with Crippen LogP contribution in [0.1, 0.15) is 72.8 Å². The third-order valence-corrected chi connectivity index (χ3v) is 10.1. The fraction of sp³-hybridized carbons (Fsp3) is 0.467. The highest BCUT2D eigenvalue weighted by Gasteiger charge is 2.48. The summed E-state index contributed by atoms with van der Waals surface area (Å²) >= 11 is 1.54. The first-order chi connectivity index (χ1) is 20.5. The van der Waals surface area contributed by atoms with Crippen LogP contribution in [0.2, 0.25) is 0 Å². The molecule has 12 heteroatoms. The van der Waals surface area contributed by atoms with E-state index in [0.29, 0.717) is 45.6 Å². The van der Waals surface area contributed by atoms with Crippen molar-refractivity contribution >= 4 is 28.0 Å². The molecule has 0 amide bonds. The molecule has 1 saturated heterocycles. The summed E-state index contributed by atoms with van der Waals surface area (Å²) in [5.74, 6) is 2.86. The van der Waals surface area contributed by atoms with Gasteiger partial charge in [-0.1, -0.05) is 5.16 Å². The highest BCUT2D eigenvalue weighted by atomic mass is 32.1. The number of nitrogens with one attached hydrogen (secondary N) is 1. The van der Waals surface area contributed by atoms with Gasteiger partial charge in [0.1, 0.15) is 35.1 Å². The molecule has 216 valence electrons. The monoisotopic (exact) mass is 583 g/mol. The standard InChI is InChI=1S/C30H33N9O2S/c1-17(20-7-5-13-39(20)2)40-24-14-23(35-22-9-12-33-16-34-22)36-29(37-24)26-18-6-3-10-30(27(18)41-38-26)11-4-8-21-25(30)19(15-31)28(32)42-21/h9,12,14,16-17,20H,3-8,10-11,13,32H2,1-2H3,(H,33,34,35,36,37)/t17-,20-,30-/m0/s1. The summed E-state index contributed by atoms with van der Waals surface area (Å²) in [6, 6.07) is 6.28. The molecule has 42 heavy (non-hydrogen) atoms. The number of nitrogens with two attached hydrogens (primary N) is 1. The van der Waals surface area contributed by atoms with Crippen LogP contribution in [0.3, 0.4) is 0 Å². The number of nitrogens with zero attached hydrogens (tertiary/aromatic N) is 7. The zero-order valence-corrected chi connectivity index (χ0v) is 24.6. The number of thiophene rings is 1. The number of aryl methyl sites for hydroxylation is 1. The number of rotatable bonds is 6. The van der Waals surface area contributed by atoms with Crippen LogP contribution in [0.25, 0.3) is 11.5 Å². The fourth-order valence-electron chi connectivity index (χ4n) is 7.17. The third-order valence-electron chi connectivity index (χ3n) is 9.04. The van der Waals surface area contributed by atoms with E-state index in [-0.39, 0.29) is 6.10 Å². The molecule has 0 bridgehead atoms. The van der Waals surface area contributed by atoms with Gasteiger partial charge in [-0.05, 0) is 83.5 Å². The number of hydrogen-bond donors (Lipinski definition) is 2. The average Bonchev–Trinajstić information content (AvgIpc) is 3.70. The van der Waals surface area contributed by atoms with Gasteiger partial charge in [-0.25, -0.2) is 15.0 Å². The lowest BCUT2D eigenvalue weighted by molar-refractivity contribution is 0.117. The second kappa shape index (κ2) is 10.6. The van der Waals surface area contributed by atoms with Crippen LogP contribution in [0.4, 0.5) is 16.6 Å². The number of hydrogen-bond acceptors (Lipinski definition) is 12. The summed E-state index contributed by atoms with van der Waals surface area (Å²) < 4.78 is 12.7. The van der Waals surface area contributed by atoms with Gasteiger partial charge in [0.15, 0.2) is 17.3 Å². The van der Waals surface area contributed by atoms with Gasteiger partial charge in [-0.3, -0.25) is 4.90 Å². The molecule has 11 nitrogen and oxygen atoms in total. The first kappa shape index (κ1) is 26.8. The SMILES string of the molecule is C[C@H](Oc1cc(Nc2ccncn2)nc(-c2noc3c2CCC[C@@]32CCCc3sc(N)c(C#N)c32)n1)[C@@H]1CCCN1C. The lowest BCUT2D eigenvalue weighted by Crippen LogP contribution is -2.38. The molecule has 0 aromatic carbocycles. The van der Waals surface area contributed by atoms with E-state index < -0.39 is 5.41 Å². The number of nitriles is 1. The smallest absolute Gasteiger partial charge is 0.219 e. The van der Waals surface area contributed by atoms with Crippen LogP contribution < -0.4 is 15.8 Å². The Labute approximate surface area is 248 Å². The third kappa shape index (κ3) is 4.48. The van der Waals surface area contributed by atoms with Gasteiger partial charge < -0.3 is 20.3 Å². The van der Waals surface area contributed by atoms with E-state index in [1.54, 1.807) is 18.3 Å². The molecule has 7 rings (SSSR count). The van der Waals surface area contributed by atoms with Crippen molar-refractivity contribution in [3.63, 3.8) is 0 Å². The topological polar surface area (TPSA) is 152 Å². The number of likely N-dealkylation sites (tertiary alicyclic amines) is 1. The van der Waals surface area contributed by atoms with E-state index in [1.165, 1.54) is 22.5 Å². The Morgan fingerprint density at radius 2 is 2.10 bits per heavy atom. The molecule has 5 heterocycles. The Morgan fingerprint density at radius 1 is 1.24 bits per heavy atom. The van der Waals surface area contributed by atoms with E-state index in [1.807, 2.05) is 0 Å². The number of likely N-dealkylation sites (N-methyl/N-ethyl adjacent to an activating group) is 1. The maximum absolute atomic E-state index is 10.0. The van der Waals surface area contributed by atoms with Crippen LogP contribution in [-0.2, 0) is 18.3 Å². The van der Waals surface area contributed by atoms with Gasteiger partial charge >= 0.3 is 0 Å². The van der Waals surface area contributed by atoms with E-state index in [4.69, 9.17) is 25.0 Å². The summed E-state index contributed by atoms with van der Waals surface area (Å²) in [5.41, 5.74) is 9.15. The van der Waals surface area contributed by atoms with Crippen molar-refractivity contribution in [1.29, 1.82) is 5.26 Å². The molecule has 0 unspecified atom stereocenters. The highest BCUT2D eigenvalue weighted by molar-refractivity contribution is 7.16. The molecule has 4 aromatic rings. The minimum atomic E-state index is -0.413. The van der Waals surface area contributed by atoms with Gasteiger partial charge in [0.25, 0.3) is 0 Å². The van der Waals surface area contributed by atoms with Gasteiger partial charge in [0, 0.05) is 28.7 Å². The molecule has 1 spiro atoms. The summed E-state index contributed by atoms with van der Waals surface area (Å²) in [5, 5.41) is 18.5. The molecule has 1 fully saturated rings. The molecule has 4 aromatic heterocycles. The van der Waals surface area contributed by atoms with E-state index in [9.17, 15) is 5.26 Å². The van der Waals surface area contributed by atoms with Gasteiger partial charge in [0.2, 0.25) is 5.88 Å². The number of nitrogen functional groups attached to an aromatic ring is 1. The lowest BCUT2D eigenvalue weighted by atomic mass is 9.63. The first-order valence-electron chi connectivity index (χ1n) is 14.6. The maximum atomic E-state index is 10.0. The van der Waals surface area contributed by atoms with Crippen LogP contribution in [0.5, 0.6) is 5.88 Å². The second-order valence-corrected chi connectivity index (χ2v) is 12.7. The molecule has 0 saturated carbocycles. The van der Waals surface area contributed by atoms with E-state index >= 15 is 0 Å². The Kier molecular flexibility index (Phi) is 6.79. The predicted molar refractivity (Wildman–Crippen MR) is 159 cm³/mol. The number of aromatic nitrogens is 5. The molecule has 0 radical (unpaired) electrons. The van der Waals surface area contributed by atoms with Crippen LogP contribution >= 0.6 is 11.3 Å². The van der Waals surface area contributed by atoms with Crippen molar-refractivity contribution in [3.8, 4) is 23.5 Å². The Bertz CT molecular complexity index is 1660. The van der Waals surface area contributed by atoms with Crippen molar-refractivity contribution in [2.75, 3.05) is 24.6 Å². The number of fused-ring (bicyclic) bond motifs is 4.